The summed E-state index contributed by atoms with van der Waals surface area (Å²) in [7, 11) is 0. The van der Waals surface area contributed by atoms with Crippen molar-refractivity contribution in [3.05, 3.63) is 67.7 Å². The first-order valence-corrected chi connectivity index (χ1v) is 8.32. The molecule has 1 nitrogen and oxygen atoms in total. The Labute approximate surface area is 137 Å². The number of benzene rings is 2. The Kier molecular flexibility index (Phi) is 5.85. The zero-order valence-electron chi connectivity index (χ0n) is 10.9. The van der Waals surface area contributed by atoms with E-state index in [1.807, 2.05) is 0 Å². The largest absolute Gasteiger partial charge is 0.306 e. The van der Waals surface area contributed by atoms with Crippen LogP contribution in [0.3, 0.4) is 0 Å². The summed E-state index contributed by atoms with van der Waals surface area (Å²) in [5.41, 5.74) is 2.63. The van der Waals surface area contributed by atoms with Gasteiger partial charge in [-0.05, 0) is 70.9 Å². The molecule has 2 aromatic carbocycles. The lowest BCUT2D eigenvalue weighted by Gasteiger charge is -2.20. The van der Waals surface area contributed by atoms with Crippen LogP contribution < -0.4 is 5.32 Å². The van der Waals surface area contributed by atoms with Gasteiger partial charge in [-0.2, -0.15) is 0 Å². The van der Waals surface area contributed by atoms with E-state index in [0.717, 1.165) is 17.4 Å². The fourth-order valence-corrected chi connectivity index (χ4v) is 2.89. The van der Waals surface area contributed by atoms with Crippen molar-refractivity contribution in [2.24, 2.45) is 0 Å². The van der Waals surface area contributed by atoms with E-state index in [-0.39, 0.29) is 6.04 Å². The summed E-state index contributed by atoms with van der Waals surface area (Å²) in [6.07, 6.45) is 1.14. The average Bonchev–Trinajstić information content (AvgIpc) is 2.41. The molecule has 3 heteroatoms. The molecule has 0 saturated carbocycles. The van der Waals surface area contributed by atoms with Crippen molar-refractivity contribution < 1.29 is 0 Å². The van der Waals surface area contributed by atoms with Crippen molar-refractivity contribution >= 4 is 38.5 Å². The molecule has 0 aliphatic rings. The maximum atomic E-state index is 3.63. The second-order valence-corrected chi connectivity index (χ2v) is 6.66. The molecule has 19 heavy (non-hydrogen) atoms. The SMILES string of the molecule is CCCNC(c1ccc(Br)cc1)c1cccc(I)c1. The molecular formula is C16H17BrIN. The molecular weight excluding hydrogens is 413 g/mol. The highest BCUT2D eigenvalue weighted by Gasteiger charge is 2.13. The highest BCUT2D eigenvalue weighted by molar-refractivity contribution is 14.1. The number of hydrogen-bond donors (Lipinski definition) is 1. The molecule has 2 aromatic rings. The smallest absolute Gasteiger partial charge is 0.0577 e. The number of nitrogens with one attached hydrogen (secondary N) is 1. The van der Waals surface area contributed by atoms with Crippen LogP contribution in [0.15, 0.2) is 53.0 Å². The average molecular weight is 430 g/mol. The Balaban J connectivity index is 2.32. The molecule has 0 aromatic heterocycles. The third-order valence-corrected chi connectivity index (χ3v) is 4.18. The van der Waals surface area contributed by atoms with E-state index in [0.29, 0.717) is 0 Å². The van der Waals surface area contributed by atoms with Gasteiger partial charge in [0.15, 0.2) is 0 Å². The minimum Gasteiger partial charge on any atom is -0.306 e. The van der Waals surface area contributed by atoms with Crippen molar-refractivity contribution in [3.63, 3.8) is 0 Å². The summed E-state index contributed by atoms with van der Waals surface area (Å²) in [6, 6.07) is 17.5. The van der Waals surface area contributed by atoms with Gasteiger partial charge >= 0.3 is 0 Å². The Hall–Kier alpha value is -0.390. The zero-order chi connectivity index (χ0) is 13.7. The second kappa shape index (κ2) is 7.41. The van der Waals surface area contributed by atoms with Gasteiger partial charge in [-0.25, -0.2) is 0 Å². The van der Waals surface area contributed by atoms with Gasteiger partial charge in [0.25, 0.3) is 0 Å². The summed E-state index contributed by atoms with van der Waals surface area (Å²) in [4.78, 5) is 0. The van der Waals surface area contributed by atoms with Gasteiger partial charge in [0.05, 0.1) is 6.04 Å². The van der Waals surface area contributed by atoms with Crippen molar-refractivity contribution in [2.45, 2.75) is 19.4 Å². The van der Waals surface area contributed by atoms with Gasteiger partial charge in [0, 0.05) is 8.04 Å². The maximum absolute atomic E-state index is 3.63. The van der Waals surface area contributed by atoms with E-state index < -0.39 is 0 Å². The first kappa shape index (κ1) is 15.0. The molecule has 0 amide bonds. The second-order valence-electron chi connectivity index (χ2n) is 4.49. The third kappa shape index (κ3) is 4.29. The first-order chi connectivity index (χ1) is 9.20. The van der Waals surface area contributed by atoms with Crippen molar-refractivity contribution in [1.82, 2.24) is 5.32 Å². The van der Waals surface area contributed by atoms with Crippen LogP contribution in [0.25, 0.3) is 0 Å². The molecule has 0 spiro atoms. The molecule has 2 rings (SSSR count). The van der Waals surface area contributed by atoms with Crippen LogP contribution in [-0.4, -0.2) is 6.54 Å². The Bertz CT molecular complexity index is 525. The van der Waals surface area contributed by atoms with Gasteiger partial charge in [0.1, 0.15) is 0 Å². The van der Waals surface area contributed by atoms with Crippen molar-refractivity contribution in [1.29, 1.82) is 0 Å². The van der Waals surface area contributed by atoms with Crippen molar-refractivity contribution in [2.75, 3.05) is 6.54 Å². The molecule has 1 unspecified atom stereocenters. The van der Waals surface area contributed by atoms with Gasteiger partial charge in [-0.15, -0.1) is 0 Å². The van der Waals surface area contributed by atoms with E-state index in [9.17, 15) is 0 Å². The quantitative estimate of drug-likeness (QED) is 0.648. The van der Waals surface area contributed by atoms with Crippen molar-refractivity contribution in [3.8, 4) is 0 Å². The Morgan fingerprint density at radius 3 is 2.47 bits per heavy atom. The van der Waals surface area contributed by atoms with E-state index in [2.05, 4.69) is 99.3 Å². The summed E-state index contributed by atoms with van der Waals surface area (Å²) >= 11 is 5.86. The predicted molar refractivity (Wildman–Crippen MR) is 93.4 cm³/mol. The maximum Gasteiger partial charge on any atom is 0.0577 e. The van der Waals surface area contributed by atoms with Crippen LogP contribution in [0.2, 0.25) is 0 Å². The van der Waals surface area contributed by atoms with E-state index in [4.69, 9.17) is 0 Å². The predicted octanol–water partition coefficient (Wildman–Crippen LogP) is 5.14. The minimum absolute atomic E-state index is 0.266. The molecule has 0 aliphatic heterocycles. The van der Waals surface area contributed by atoms with Gasteiger partial charge in [-0.3, -0.25) is 0 Å². The fraction of sp³-hybridized carbons (Fsp3) is 0.250. The van der Waals surface area contributed by atoms with Crippen LogP contribution in [0.5, 0.6) is 0 Å². The molecule has 1 atom stereocenters. The molecule has 1 N–H and O–H groups in total. The monoisotopic (exact) mass is 429 g/mol. The normalized spacial score (nSPS) is 12.4. The highest BCUT2D eigenvalue weighted by atomic mass is 127. The third-order valence-electron chi connectivity index (χ3n) is 2.98. The molecule has 0 fully saturated rings. The molecule has 0 saturated heterocycles. The highest BCUT2D eigenvalue weighted by Crippen LogP contribution is 2.24. The van der Waals surface area contributed by atoms with Gasteiger partial charge in [0.2, 0.25) is 0 Å². The molecule has 0 radical (unpaired) electrons. The van der Waals surface area contributed by atoms with Crippen LogP contribution in [0.4, 0.5) is 0 Å². The fourth-order valence-electron chi connectivity index (χ4n) is 2.06. The Morgan fingerprint density at radius 2 is 1.84 bits per heavy atom. The molecule has 100 valence electrons. The summed E-state index contributed by atoms with van der Waals surface area (Å²) in [6.45, 7) is 3.21. The first-order valence-electron chi connectivity index (χ1n) is 6.45. The van der Waals surface area contributed by atoms with Crippen LogP contribution in [-0.2, 0) is 0 Å². The Morgan fingerprint density at radius 1 is 1.11 bits per heavy atom. The lowest BCUT2D eigenvalue weighted by Crippen LogP contribution is -2.23. The standard InChI is InChI=1S/C16H17BrIN/c1-2-10-19-16(12-6-8-14(17)9-7-12)13-4-3-5-15(18)11-13/h3-9,11,16,19H,2,10H2,1H3. The van der Waals surface area contributed by atoms with E-state index in [1.54, 1.807) is 0 Å². The minimum atomic E-state index is 0.266. The van der Waals surface area contributed by atoms with E-state index >= 15 is 0 Å². The number of rotatable bonds is 5. The summed E-state index contributed by atoms with van der Waals surface area (Å²) < 4.78 is 2.39. The summed E-state index contributed by atoms with van der Waals surface area (Å²) in [5, 5.41) is 3.63. The zero-order valence-corrected chi connectivity index (χ0v) is 14.6. The van der Waals surface area contributed by atoms with Gasteiger partial charge < -0.3 is 5.32 Å². The van der Waals surface area contributed by atoms with Crippen LogP contribution in [0.1, 0.15) is 30.5 Å². The molecule has 0 heterocycles. The van der Waals surface area contributed by atoms with E-state index in [1.165, 1.54) is 14.7 Å². The molecule has 0 aliphatic carbocycles. The topological polar surface area (TPSA) is 12.0 Å². The number of halogens is 2. The number of hydrogen-bond acceptors (Lipinski definition) is 1. The van der Waals surface area contributed by atoms with Crippen LogP contribution >= 0.6 is 38.5 Å². The molecule has 0 bridgehead atoms. The lowest BCUT2D eigenvalue weighted by molar-refractivity contribution is 0.598. The van der Waals surface area contributed by atoms with Gasteiger partial charge in [-0.1, -0.05) is 47.1 Å². The summed E-state index contributed by atoms with van der Waals surface area (Å²) in [5.74, 6) is 0. The van der Waals surface area contributed by atoms with Crippen LogP contribution in [0, 0.1) is 3.57 Å². The lowest BCUT2D eigenvalue weighted by atomic mass is 9.99.